The number of phenols is 1. The Morgan fingerprint density at radius 1 is 0.972 bits per heavy atom. The summed E-state index contributed by atoms with van der Waals surface area (Å²) in [5, 5.41) is 19.7. The average molecular weight is 499 g/mol. The maximum Gasteiger partial charge on any atom is 0.344 e. The van der Waals surface area contributed by atoms with E-state index in [1.807, 2.05) is 6.92 Å². The van der Waals surface area contributed by atoms with Crippen LogP contribution in [-0.2, 0) is 17.6 Å². The number of Topliss-reactive ketones (excluding diaryl/α,β-unsaturated/α-hetero) is 2. The van der Waals surface area contributed by atoms with E-state index in [4.69, 9.17) is 14.2 Å². The van der Waals surface area contributed by atoms with Crippen LogP contribution < -0.4 is 14.2 Å². The second kappa shape index (κ2) is 12.4. The molecule has 2 aromatic rings. The number of carbonyl (C=O) groups excluding carboxylic acids is 2. The molecule has 1 heterocycles. The van der Waals surface area contributed by atoms with Gasteiger partial charge in [-0.25, -0.2) is 4.79 Å². The van der Waals surface area contributed by atoms with Crippen LogP contribution in [0.15, 0.2) is 24.3 Å². The molecular formula is C28H34O8. The lowest BCUT2D eigenvalue weighted by Gasteiger charge is -2.24. The molecule has 0 spiro atoms. The van der Waals surface area contributed by atoms with Gasteiger partial charge in [0.25, 0.3) is 0 Å². The van der Waals surface area contributed by atoms with Crippen molar-refractivity contribution in [2.45, 2.75) is 71.8 Å². The van der Waals surface area contributed by atoms with Crippen LogP contribution in [0.3, 0.4) is 0 Å². The molecule has 1 aliphatic rings. The topological polar surface area (TPSA) is 119 Å². The molecule has 8 heteroatoms. The molecule has 0 fully saturated rings. The van der Waals surface area contributed by atoms with E-state index in [9.17, 15) is 24.6 Å². The lowest BCUT2D eigenvalue weighted by Crippen LogP contribution is -2.31. The lowest BCUT2D eigenvalue weighted by molar-refractivity contribution is -0.145. The van der Waals surface area contributed by atoms with Crippen LogP contribution in [0.5, 0.6) is 23.0 Å². The van der Waals surface area contributed by atoms with E-state index in [-0.39, 0.29) is 17.3 Å². The number of hydrogen-bond acceptors (Lipinski definition) is 7. The smallest absolute Gasteiger partial charge is 0.344 e. The Balaban J connectivity index is 1.51. The van der Waals surface area contributed by atoms with Crippen molar-refractivity contribution in [2.75, 3.05) is 13.2 Å². The first-order valence-corrected chi connectivity index (χ1v) is 12.4. The fourth-order valence-corrected chi connectivity index (χ4v) is 4.25. The monoisotopic (exact) mass is 498 g/mol. The number of carboxylic acid groups (broad SMARTS) is 1. The van der Waals surface area contributed by atoms with Crippen molar-refractivity contribution in [3.8, 4) is 23.0 Å². The minimum absolute atomic E-state index is 0.000213. The van der Waals surface area contributed by atoms with Gasteiger partial charge in [-0.3, -0.25) is 9.59 Å². The van der Waals surface area contributed by atoms with Crippen molar-refractivity contribution >= 4 is 17.5 Å². The maximum atomic E-state index is 12.1. The molecule has 0 amide bonds. The molecule has 8 nitrogen and oxygen atoms in total. The van der Waals surface area contributed by atoms with E-state index in [1.165, 1.54) is 13.8 Å². The van der Waals surface area contributed by atoms with Gasteiger partial charge in [0, 0.05) is 11.6 Å². The highest BCUT2D eigenvalue weighted by Crippen LogP contribution is 2.35. The number of phenolic OH excluding ortho intramolecular Hbond substituents is 1. The van der Waals surface area contributed by atoms with Crippen LogP contribution in [0.25, 0.3) is 0 Å². The summed E-state index contributed by atoms with van der Waals surface area (Å²) in [4.78, 5) is 35.1. The third-order valence-electron chi connectivity index (χ3n) is 6.19. The third-order valence-corrected chi connectivity index (χ3v) is 6.19. The summed E-state index contributed by atoms with van der Waals surface area (Å²) in [6.45, 7) is 5.74. The molecule has 0 radical (unpaired) electrons. The van der Waals surface area contributed by atoms with E-state index in [0.717, 1.165) is 31.2 Å². The summed E-state index contributed by atoms with van der Waals surface area (Å²) in [7, 11) is 0. The molecule has 0 saturated heterocycles. The van der Waals surface area contributed by atoms with Gasteiger partial charge in [-0.05, 0) is 76.1 Å². The molecule has 0 aliphatic carbocycles. The van der Waals surface area contributed by atoms with Crippen LogP contribution >= 0.6 is 0 Å². The molecule has 2 aromatic carbocycles. The number of hydrogen-bond donors (Lipinski definition) is 2. The Hall–Kier alpha value is -3.55. The van der Waals surface area contributed by atoms with E-state index < -0.39 is 12.1 Å². The van der Waals surface area contributed by atoms with Gasteiger partial charge < -0.3 is 24.4 Å². The first-order chi connectivity index (χ1) is 17.2. The van der Waals surface area contributed by atoms with Gasteiger partial charge in [0.15, 0.2) is 17.7 Å². The Morgan fingerprint density at radius 2 is 1.64 bits per heavy atom. The SMILES string of the molecule is CCCc1c(OCCCCCOc2cc3c(cc2C(C)=O)CC[C@@H](C(=O)O)O3)ccc(C(C)=O)c1O. The van der Waals surface area contributed by atoms with Crippen LogP contribution in [0.4, 0.5) is 0 Å². The Morgan fingerprint density at radius 3 is 2.25 bits per heavy atom. The number of ketones is 2. The molecule has 1 aliphatic heterocycles. The molecule has 1 atom stereocenters. The Kier molecular flexibility index (Phi) is 9.33. The molecular weight excluding hydrogens is 464 g/mol. The van der Waals surface area contributed by atoms with Crippen molar-refractivity contribution < 1.29 is 38.8 Å². The zero-order chi connectivity index (χ0) is 26.2. The molecule has 194 valence electrons. The summed E-state index contributed by atoms with van der Waals surface area (Å²) in [6, 6.07) is 6.69. The zero-order valence-electron chi connectivity index (χ0n) is 21.1. The number of carbonyl (C=O) groups is 3. The number of benzene rings is 2. The van der Waals surface area contributed by atoms with E-state index in [1.54, 1.807) is 24.3 Å². The highest BCUT2D eigenvalue weighted by Gasteiger charge is 2.27. The maximum absolute atomic E-state index is 12.1. The van der Waals surface area contributed by atoms with Gasteiger partial charge in [-0.2, -0.15) is 0 Å². The molecule has 0 unspecified atom stereocenters. The molecule has 2 N–H and O–H groups in total. The minimum atomic E-state index is -1.01. The summed E-state index contributed by atoms with van der Waals surface area (Å²) in [5.41, 5.74) is 2.24. The highest BCUT2D eigenvalue weighted by atomic mass is 16.5. The third kappa shape index (κ3) is 6.56. The normalized spacial score (nSPS) is 14.5. The Bertz CT molecular complexity index is 1120. The second-order valence-corrected chi connectivity index (χ2v) is 9.00. The fraction of sp³-hybridized carbons (Fsp3) is 0.464. The van der Waals surface area contributed by atoms with Gasteiger partial charge in [0.1, 0.15) is 23.0 Å². The van der Waals surface area contributed by atoms with Crippen LogP contribution in [0.2, 0.25) is 0 Å². The van der Waals surface area contributed by atoms with Crippen LogP contribution in [0.1, 0.15) is 84.7 Å². The standard InChI is InChI=1S/C28H34O8/c1-4-8-21-23(12-10-20(17(2)29)27(21)31)34-13-6-5-7-14-35-26-16-25-19(15-22(26)18(3)30)9-11-24(36-25)28(32)33/h10,12,15-16,24,31H,4-9,11,13-14H2,1-3H3,(H,32,33)/t24-/m0/s1. The molecule has 0 saturated carbocycles. The summed E-state index contributed by atoms with van der Waals surface area (Å²) in [6.07, 6.45) is 3.74. The predicted octanol–water partition coefficient (Wildman–Crippen LogP) is 5.16. The Labute approximate surface area is 211 Å². The second-order valence-electron chi connectivity index (χ2n) is 9.00. The molecule has 3 rings (SSSR count). The van der Waals surface area contributed by atoms with Crippen molar-refractivity contribution in [1.29, 1.82) is 0 Å². The fourth-order valence-electron chi connectivity index (χ4n) is 4.25. The van der Waals surface area contributed by atoms with Crippen LogP contribution in [-0.4, -0.2) is 47.1 Å². The van der Waals surface area contributed by atoms with E-state index in [0.29, 0.717) is 66.4 Å². The van der Waals surface area contributed by atoms with Crippen molar-refractivity contribution in [3.63, 3.8) is 0 Å². The van der Waals surface area contributed by atoms with Crippen molar-refractivity contribution in [2.24, 2.45) is 0 Å². The van der Waals surface area contributed by atoms with Gasteiger partial charge in [0.2, 0.25) is 0 Å². The van der Waals surface area contributed by atoms with Gasteiger partial charge in [0.05, 0.1) is 24.3 Å². The van der Waals surface area contributed by atoms with E-state index in [2.05, 4.69) is 0 Å². The first-order valence-electron chi connectivity index (χ1n) is 12.4. The molecule has 0 bridgehead atoms. The minimum Gasteiger partial charge on any atom is -0.507 e. The summed E-state index contributed by atoms with van der Waals surface area (Å²) in [5.74, 6) is 0.126. The summed E-state index contributed by atoms with van der Waals surface area (Å²) < 4.78 is 17.3. The largest absolute Gasteiger partial charge is 0.507 e. The molecule has 36 heavy (non-hydrogen) atoms. The van der Waals surface area contributed by atoms with Gasteiger partial charge in [-0.1, -0.05) is 13.3 Å². The number of aryl methyl sites for hydroxylation is 1. The van der Waals surface area contributed by atoms with Crippen molar-refractivity contribution in [1.82, 2.24) is 0 Å². The zero-order valence-corrected chi connectivity index (χ0v) is 21.1. The number of aromatic hydroxyl groups is 1. The highest BCUT2D eigenvalue weighted by molar-refractivity contribution is 5.98. The number of unbranched alkanes of at least 4 members (excludes halogenated alkanes) is 2. The van der Waals surface area contributed by atoms with Gasteiger partial charge in [-0.15, -0.1) is 0 Å². The van der Waals surface area contributed by atoms with Crippen LogP contribution in [0, 0.1) is 0 Å². The summed E-state index contributed by atoms with van der Waals surface area (Å²) >= 11 is 0. The predicted molar refractivity (Wildman–Crippen MR) is 134 cm³/mol. The first kappa shape index (κ1) is 27.0. The number of fused-ring (bicyclic) bond motifs is 1. The van der Waals surface area contributed by atoms with Crippen molar-refractivity contribution in [3.05, 3.63) is 46.5 Å². The number of rotatable bonds is 13. The molecule has 0 aromatic heterocycles. The lowest BCUT2D eigenvalue weighted by atomic mass is 9.98. The number of carboxylic acids is 1. The van der Waals surface area contributed by atoms with Gasteiger partial charge >= 0.3 is 5.97 Å². The van der Waals surface area contributed by atoms with E-state index >= 15 is 0 Å². The number of aliphatic carboxylic acids is 1. The average Bonchev–Trinajstić information content (AvgIpc) is 2.84. The quantitative estimate of drug-likeness (QED) is 0.287. The number of ether oxygens (including phenoxy) is 3.